The summed E-state index contributed by atoms with van der Waals surface area (Å²) in [7, 11) is 0. The van der Waals surface area contributed by atoms with E-state index in [1.54, 1.807) is 0 Å². The van der Waals surface area contributed by atoms with E-state index in [2.05, 4.69) is 15.3 Å². The van der Waals surface area contributed by atoms with Crippen molar-refractivity contribution in [2.75, 3.05) is 18.1 Å². The summed E-state index contributed by atoms with van der Waals surface area (Å²) < 4.78 is 0. The number of halogens is 1. The monoisotopic (exact) mass is 299 g/mol. The van der Waals surface area contributed by atoms with E-state index in [9.17, 15) is 4.79 Å². The topological polar surface area (TPSA) is 54.9 Å². The van der Waals surface area contributed by atoms with E-state index < -0.39 is 0 Å². The van der Waals surface area contributed by atoms with Gasteiger partial charge in [0.05, 0.1) is 11.2 Å². The third kappa shape index (κ3) is 3.83. The first-order valence-corrected chi connectivity index (χ1v) is 7.99. The van der Waals surface area contributed by atoms with Crippen molar-refractivity contribution in [1.29, 1.82) is 0 Å². The predicted octanol–water partition coefficient (Wildman–Crippen LogP) is 2.74. The minimum atomic E-state index is -0.203. The van der Waals surface area contributed by atoms with Gasteiger partial charge in [0.1, 0.15) is 11.5 Å². The summed E-state index contributed by atoms with van der Waals surface area (Å²) in [4.78, 5) is 20.5. The number of carbonyl (C=O) groups excluding carboxylic acids is 1. The number of thioether (sulfide) groups is 1. The molecule has 2 heterocycles. The van der Waals surface area contributed by atoms with Gasteiger partial charge < -0.3 is 5.32 Å². The van der Waals surface area contributed by atoms with Gasteiger partial charge in [0.15, 0.2) is 0 Å². The molecule has 1 N–H and O–H groups in total. The summed E-state index contributed by atoms with van der Waals surface area (Å²) in [5.41, 5.74) is 0.283. The van der Waals surface area contributed by atoms with Gasteiger partial charge in [-0.3, -0.25) is 4.79 Å². The smallest absolute Gasteiger partial charge is 0.271 e. The number of hydrogen-bond donors (Lipinski definition) is 1. The molecule has 1 aliphatic rings. The zero-order chi connectivity index (χ0) is 13.8. The zero-order valence-corrected chi connectivity index (χ0v) is 12.7. The van der Waals surface area contributed by atoms with Crippen molar-refractivity contribution in [3.8, 4) is 0 Å². The number of amides is 1. The van der Waals surface area contributed by atoms with Crippen molar-refractivity contribution < 1.29 is 4.79 Å². The molecular weight excluding hydrogens is 282 g/mol. The van der Waals surface area contributed by atoms with Crippen LogP contribution in [0.5, 0.6) is 0 Å². The number of nitrogens with zero attached hydrogens (tertiary/aromatic N) is 2. The maximum atomic E-state index is 12.1. The van der Waals surface area contributed by atoms with Crippen LogP contribution in [0.3, 0.4) is 0 Å². The SMILES string of the molecule is CC(C)c1ncc(Cl)c(C(=O)NCC2CCSC2)n1. The van der Waals surface area contributed by atoms with Crippen molar-refractivity contribution in [3.05, 3.63) is 22.7 Å². The Balaban J connectivity index is 2.02. The van der Waals surface area contributed by atoms with Gasteiger partial charge in [-0.05, 0) is 23.8 Å². The van der Waals surface area contributed by atoms with Crippen LogP contribution in [-0.4, -0.2) is 33.9 Å². The summed E-state index contributed by atoms with van der Waals surface area (Å²) in [5.74, 6) is 3.49. The Morgan fingerprint density at radius 3 is 3.05 bits per heavy atom. The lowest BCUT2D eigenvalue weighted by Gasteiger charge is -2.11. The van der Waals surface area contributed by atoms with Crippen LogP contribution in [0.4, 0.5) is 0 Å². The molecule has 1 fully saturated rings. The molecule has 0 aliphatic carbocycles. The van der Waals surface area contributed by atoms with Crippen LogP contribution in [0.1, 0.15) is 42.5 Å². The highest BCUT2D eigenvalue weighted by Gasteiger charge is 2.19. The second kappa shape index (κ2) is 6.57. The number of nitrogens with one attached hydrogen (secondary N) is 1. The number of aromatic nitrogens is 2. The summed E-state index contributed by atoms with van der Waals surface area (Å²) in [6, 6.07) is 0. The zero-order valence-electron chi connectivity index (χ0n) is 11.1. The molecule has 1 aromatic rings. The molecule has 0 aromatic carbocycles. The maximum Gasteiger partial charge on any atom is 0.271 e. The lowest BCUT2D eigenvalue weighted by atomic mass is 10.1. The van der Waals surface area contributed by atoms with Gasteiger partial charge in [-0.1, -0.05) is 25.4 Å². The molecule has 104 valence electrons. The van der Waals surface area contributed by atoms with Gasteiger partial charge in [-0.25, -0.2) is 9.97 Å². The molecule has 1 atom stereocenters. The quantitative estimate of drug-likeness (QED) is 0.929. The molecule has 0 radical (unpaired) electrons. The Bertz CT molecular complexity index is 461. The third-order valence-electron chi connectivity index (χ3n) is 3.07. The Morgan fingerprint density at radius 2 is 2.42 bits per heavy atom. The van der Waals surface area contributed by atoms with E-state index in [0.717, 1.165) is 5.75 Å². The molecule has 0 bridgehead atoms. The summed E-state index contributed by atoms with van der Waals surface area (Å²) in [5, 5.41) is 3.23. The summed E-state index contributed by atoms with van der Waals surface area (Å²) in [6.45, 7) is 4.67. The van der Waals surface area contributed by atoms with Gasteiger partial charge in [0.25, 0.3) is 5.91 Å². The van der Waals surface area contributed by atoms with Gasteiger partial charge in [0.2, 0.25) is 0 Å². The first-order chi connectivity index (χ1) is 9.08. The molecule has 6 heteroatoms. The van der Waals surface area contributed by atoms with E-state index in [0.29, 0.717) is 23.3 Å². The van der Waals surface area contributed by atoms with E-state index in [1.807, 2.05) is 25.6 Å². The lowest BCUT2D eigenvalue weighted by molar-refractivity contribution is 0.0943. The van der Waals surface area contributed by atoms with Crippen LogP contribution in [-0.2, 0) is 0 Å². The molecule has 1 saturated heterocycles. The fourth-order valence-corrected chi connectivity index (χ4v) is 3.34. The second-order valence-corrected chi connectivity index (χ2v) is 6.58. The van der Waals surface area contributed by atoms with E-state index >= 15 is 0 Å². The largest absolute Gasteiger partial charge is 0.350 e. The lowest BCUT2D eigenvalue weighted by Crippen LogP contribution is -2.30. The molecule has 4 nitrogen and oxygen atoms in total. The predicted molar refractivity (Wildman–Crippen MR) is 78.9 cm³/mol. The van der Waals surface area contributed by atoms with E-state index in [-0.39, 0.29) is 17.5 Å². The van der Waals surface area contributed by atoms with Crippen LogP contribution < -0.4 is 5.32 Å². The fourth-order valence-electron chi connectivity index (χ4n) is 1.88. The summed E-state index contributed by atoms with van der Waals surface area (Å²) in [6.07, 6.45) is 2.67. The minimum Gasteiger partial charge on any atom is -0.350 e. The van der Waals surface area contributed by atoms with Gasteiger partial charge in [0, 0.05) is 12.5 Å². The fraction of sp³-hybridized carbons (Fsp3) is 0.615. The van der Waals surface area contributed by atoms with E-state index in [1.165, 1.54) is 18.4 Å². The highest BCUT2D eigenvalue weighted by Crippen LogP contribution is 2.23. The van der Waals surface area contributed by atoms with Crippen LogP contribution >= 0.6 is 23.4 Å². The van der Waals surface area contributed by atoms with Crippen molar-refractivity contribution in [2.45, 2.75) is 26.2 Å². The van der Waals surface area contributed by atoms with Crippen LogP contribution in [0, 0.1) is 5.92 Å². The average molecular weight is 300 g/mol. The van der Waals surface area contributed by atoms with Crippen molar-refractivity contribution >= 4 is 29.3 Å². The summed E-state index contributed by atoms with van der Waals surface area (Å²) >= 11 is 7.94. The van der Waals surface area contributed by atoms with Crippen LogP contribution in [0.25, 0.3) is 0 Å². The van der Waals surface area contributed by atoms with Crippen LogP contribution in [0.15, 0.2) is 6.20 Å². The average Bonchev–Trinajstić information content (AvgIpc) is 2.89. The molecule has 2 rings (SSSR count). The van der Waals surface area contributed by atoms with Crippen molar-refractivity contribution in [3.63, 3.8) is 0 Å². The molecule has 1 amide bonds. The first-order valence-electron chi connectivity index (χ1n) is 6.46. The van der Waals surface area contributed by atoms with Gasteiger partial charge >= 0.3 is 0 Å². The molecule has 19 heavy (non-hydrogen) atoms. The highest BCUT2D eigenvalue weighted by molar-refractivity contribution is 7.99. The molecular formula is C13H18ClN3OS. The molecule has 0 saturated carbocycles. The number of hydrogen-bond acceptors (Lipinski definition) is 4. The van der Waals surface area contributed by atoms with Crippen molar-refractivity contribution in [2.24, 2.45) is 5.92 Å². The minimum absolute atomic E-state index is 0.176. The second-order valence-electron chi connectivity index (χ2n) is 5.02. The van der Waals surface area contributed by atoms with Crippen molar-refractivity contribution in [1.82, 2.24) is 15.3 Å². The normalized spacial score (nSPS) is 18.8. The molecule has 1 unspecified atom stereocenters. The maximum absolute atomic E-state index is 12.1. The van der Waals surface area contributed by atoms with Crippen LogP contribution in [0.2, 0.25) is 5.02 Å². The van der Waals surface area contributed by atoms with E-state index in [4.69, 9.17) is 11.6 Å². The Hall–Kier alpha value is -0.810. The highest BCUT2D eigenvalue weighted by atomic mass is 35.5. The first kappa shape index (κ1) is 14.6. The molecule has 0 spiro atoms. The molecule has 1 aliphatic heterocycles. The molecule has 1 aromatic heterocycles. The Morgan fingerprint density at radius 1 is 1.63 bits per heavy atom. The Kier molecular flexibility index (Phi) is 5.05. The number of rotatable bonds is 4. The Labute approximate surface area is 122 Å². The van der Waals surface area contributed by atoms with Gasteiger partial charge in [-0.15, -0.1) is 0 Å². The standard InChI is InChI=1S/C13H18ClN3OS/c1-8(2)12-15-6-10(14)11(17-12)13(18)16-5-9-3-4-19-7-9/h6,8-9H,3-5,7H2,1-2H3,(H,16,18). The van der Waals surface area contributed by atoms with Gasteiger partial charge in [-0.2, -0.15) is 11.8 Å². The number of carbonyl (C=O) groups is 1. The third-order valence-corrected chi connectivity index (χ3v) is 4.58.